The van der Waals surface area contributed by atoms with Crippen LogP contribution < -0.4 is 0 Å². The van der Waals surface area contributed by atoms with Crippen molar-refractivity contribution in [1.82, 2.24) is 9.97 Å². The third-order valence-electron chi connectivity index (χ3n) is 4.51. The SMILES string of the molecule is CSc1nc(C(=O)C2=CC=CCC2)nc2c1C(=O)C1=C2CCC=C1. The number of hydrogen-bond acceptors (Lipinski definition) is 5. The lowest BCUT2D eigenvalue weighted by Gasteiger charge is -2.11. The van der Waals surface area contributed by atoms with Crippen molar-refractivity contribution < 1.29 is 9.59 Å². The molecule has 3 aliphatic rings. The first-order valence-corrected chi connectivity index (χ1v) is 9.24. The minimum atomic E-state index is -0.134. The van der Waals surface area contributed by atoms with Crippen LogP contribution in [0.3, 0.4) is 0 Å². The summed E-state index contributed by atoms with van der Waals surface area (Å²) in [5.74, 6) is 0.0557. The number of fused-ring (bicyclic) bond motifs is 2. The predicted octanol–water partition coefficient (Wildman–Crippen LogP) is 3.96. The summed E-state index contributed by atoms with van der Waals surface area (Å²) < 4.78 is 0. The van der Waals surface area contributed by atoms with Crippen LogP contribution in [0.4, 0.5) is 0 Å². The molecule has 0 spiro atoms. The number of Topliss-reactive ketones (excluding diaryl/α,β-unsaturated/α-hetero) is 2. The van der Waals surface area contributed by atoms with Gasteiger partial charge in [-0.2, -0.15) is 0 Å². The fourth-order valence-corrected chi connectivity index (χ4v) is 3.88. The Labute approximate surface area is 144 Å². The van der Waals surface area contributed by atoms with Crippen LogP contribution >= 0.6 is 11.8 Å². The summed E-state index contributed by atoms with van der Waals surface area (Å²) in [6, 6.07) is 0. The fraction of sp³-hybridized carbons (Fsp3) is 0.263. The number of ketones is 2. The smallest absolute Gasteiger partial charge is 0.226 e. The second-order valence-corrected chi connectivity index (χ2v) is 6.73. The average molecular weight is 336 g/mol. The molecule has 3 aliphatic carbocycles. The first-order chi connectivity index (χ1) is 11.7. The monoisotopic (exact) mass is 336 g/mol. The zero-order valence-electron chi connectivity index (χ0n) is 13.3. The zero-order valence-corrected chi connectivity index (χ0v) is 14.2. The van der Waals surface area contributed by atoms with Crippen molar-refractivity contribution >= 4 is 28.9 Å². The zero-order chi connectivity index (χ0) is 16.7. The van der Waals surface area contributed by atoms with Crippen molar-refractivity contribution in [1.29, 1.82) is 0 Å². The molecule has 0 radical (unpaired) electrons. The van der Waals surface area contributed by atoms with E-state index in [0.717, 1.165) is 30.4 Å². The summed E-state index contributed by atoms with van der Waals surface area (Å²) in [6.45, 7) is 0. The van der Waals surface area contributed by atoms with Crippen molar-refractivity contribution in [3.8, 4) is 0 Å². The van der Waals surface area contributed by atoms with Crippen LogP contribution in [0.1, 0.15) is 52.4 Å². The third kappa shape index (κ3) is 2.31. The predicted molar refractivity (Wildman–Crippen MR) is 94.2 cm³/mol. The molecule has 0 bridgehead atoms. The Morgan fingerprint density at radius 3 is 2.75 bits per heavy atom. The normalized spacial score (nSPS) is 18.5. The second-order valence-electron chi connectivity index (χ2n) is 5.93. The van der Waals surface area contributed by atoms with Gasteiger partial charge in [0.05, 0.1) is 11.3 Å². The summed E-state index contributed by atoms with van der Waals surface area (Å²) in [6.07, 6.45) is 14.8. The molecule has 1 heterocycles. The van der Waals surface area contributed by atoms with Gasteiger partial charge < -0.3 is 0 Å². The lowest BCUT2D eigenvalue weighted by molar-refractivity contribution is 0.101. The van der Waals surface area contributed by atoms with Crippen LogP contribution in [-0.4, -0.2) is 27.8 Å². The first-order valence-electron chi connectivity index (χ1n) is 8.02. The van der Waals surface area contributed by atoms with E-state index in [0.29, 0.717) is 28.3 Å². The quantitative estimate of drug-likeness (QED) is 0.475. The first kappa shape index (κ1) is 15.3. The molecule has 1 aromatic rings. The van der Waals surface area contributed by atoms with Crippen LogP contribution in [0.2, 0.25) is 0 Å². The number of carbonyl (C=O) groups excluding carboxylic acids is 2. The van der Waals surface area contributed by atoms with Crippen molar-refractivity contribution in [2.45, 2.75) is 30.7 Å². The standard InChI is InChI=1S/C19H16N2O2S/c1-24-19-14-15(12-9-5-6-10-13(12)17(14)23)20-18(21-19)16(22)11-7-3-2-4-8-11/h2-3,6-7,10H,4-5,8-9H2,1H3. The van der Waals surface area contributed by atoms with Gasteiger partial charge in [-0.15, -0.1) is 11.8 Å². The van der Waals surface area contributed by atoms with Gasteiger partial charge in [-0.3, -0.25) is 9.59 Å². The maximum atomic E-state index is 12.8. The van der Waals surface area contributed by atoms with Crippen LogP contribution in [0.5, 0.6) is 0 Å². The average Bonchev–Trinajstić information content (AvgIpc) is 2.94. The summed E-state index contributed by atoms with van der Waals surface area (Å²) in [4.78, 5) is 34.4. The van der Waals surface area contributed by atoms with E-state index in [4.69, 9.17) is 0 Å². The second kappa shape index (κ2) is 5.98. The largest absolute Gasteiger partial charge is 0.288 e. The van der Waals surface area contributed by atoms with E-state index in [-0.39, 0.29) is 17.4 Å². The molecule has 0 aliphatic heterocycles. The van der Waals surface area contributed by atoms with E-state index in [1.165, 1.54) is 11.8 Å². The van der Waals surface area contributed by atoms with Gasteiger partial charge in [-0.25, -0.2) is 9.97 Å². The fourth-order valence-electron chi connectivity index (χ4n) is 3.31. The topological polar surface area (TPSA) is 59.9 Å². The van der Waals surface area contributed by atoms with E-state index in [1.807, 2.05) is 36.6 Å². The summed E-state index contributed by atoms with van der Waals surface area (Å²) >= 11 is 1.39. The molecule has 0 aromatic carbocycles. The maximum absolute atomic E-state index is 12.8. The number of rotatable bonds is 3. The molecule has 0 fully saturated rings. The van der Waals surface area contributed by atoms with Crippen molar-refractivity contribution in [2.75, 3.05) is 6.26 Å². The Kier molecular flexibility index (Phi) is 3.81. The Morgan fingerprint density at radius 2 is 2.00 bits per heavy atom. The molecule has 0 amide bonds. The molecule has 0 saturated heterocycles. The Balaban J connectivity index is 1.85. The molecular formula is C19H16N2O2S. The van der Waals surface area contributed by atoms with E-state index in [9.17, 15) is 9.59 Å². The summed E-state index contributed by atoms with van der Waals surface area (Å²) in [5.41, 5.74) is 3.63. The molecule has 0 unspecified atom stereocenters. The molecule has 5 heteroatoms. The Morgan fingerprint density at radius 1 is 1.17 bits per heavy atom. The molecular weight excluding hydrogens is 320 g/mol. The maximum Gasteiger partial charge on any atom is 0.226 e. The van der Waals surface area contributed by atoms with Crippen LogP contribution in [-0.2, 0) is 0 Å². The van der Waals surface area contributed by atoms with E-state index in [1.54, 1.807) is 0 Å². The number of aromatic nitrogens is 2. The molecule has 4 nitrogen and oxygen atoms in total. The minimum absolute atomic E-state index is 0.0147. The van der Waals surface area contributed by atoms with Gasteiger partial charge in [-0.05, 0) is 37.5 Å². The van der Waals surface area contributed by atoms with Crippen LogP contribution in [0, 0.1) is 0 Å². The minimum Gasteiger partial charge on any atom is -0.288 e. The van der Waals surface area contributed by atoms with Gasteiger partial charge in [0.15, 0.2) is 5.78 Å². The highest BCUT2D eigenvalue weighted by Gasteiger charge is 2.35. The highest BCUT2D eigenvalue weighted by molar-refractivity contribution is 7.98. The highest BCUT2D eigenvalue weighted by Crippen LogP contribution is 2.40. The van der Waals surface area contributed by atoms with Gasteiger partial charge in [-0.1, -0.05) is 30.4 Å². The van der Waals surface area contributed by atoms with Crippen molar-refractivity contribution in [3.05, 3.63) is 58.6 Å². The molecule has 120 valence electrons. The van der Waals surface area contributed by atoms with Gasteiger partial charge in [0.1, 0.15) is 5.03 Å². The van der Waals surface area contributed by atoms with Gasteiger partial charge in [0.25, 0.3) is 0 Å². The van der Waals surface area contributed by atoms with Crippen molar-refractivity contribution in [3.63, 3.8) is 0 Å². The van der Waals surface area contributed by atoms with E-state index in [2.05, 4.69) is 9.97 Å². The van der Waals surface area contributed by atoms with Crippen molar-refractivity contribution in [2.24, 2.45) is 0 Å². The molecule has 24 heavy (non-hydrogen) atoms. The van der Waals surface area contributed by atoms with Crippen LogP contribution in [0.15, 0.2) is 46.6 Å². The molecule has 0 N–H and O–H groups in total. The molecule has 1 aromatic heterocycles. The molecule has 0 saturated carbocycles. The Bertz CT molecular complexity index is 891. The van der Waals surface area contributed by atoms with Crippen LogP contribution in [0.25, 0.3) is 5.57 Å². The summed E-state index contributed by atoms with van der Waals surface area (Å²) in [5, 5.41) is 0.600. The van der Waals surface area contributed by atoms with Gasteiger partial charge in [0, 0.05) is 11.1 Å². The number of nitrogens with zero attached hydrogens (tertiary/aromatic N) is 2. The lowest BCUT2D eigenvalue weighted by Crippen LogP contribution is -2.13. The van der Waals surface area contributed by atoms with E-state index < -0.39 is 0 Å². The number of allylic oxidation sites excluding steroid dienone is 8. The van der Waals surface area contributed by atoms with Gasteiger partial charge in [0.2, 0.25) is 11.6 Å². The molecule has 0 atom stereocenters. The number of hydrogen-bond donors (Lipinski definition) is 0. The lowest BCUT2D eigenvalue weighted by atomic mass is 9.99. The highest BCUT2D eigenvalue weighted by atomic mass is 32.2. The third-order valence-corrected chi connectivity index (χ3v) is 5.19. The summed E-state index contributed by atoms with van der Waals surface area (Å²) in [7, 11) is 0. The Hall–Kier alpha value is -2.27. The number of thioether (sulfide) groups is 1. The van der Waals surface area contributed by atoms with Gasteiger partial charge >= 0.3 is 0 Å². The number of carbonyl (C=O) groups is 2. The van der Waals surface area contributed by atoms with E-state index >= 15 is 0 Å². The molecule has 4 rings (SSSR count).